The van der Waals surface area contributed by atoms with Crippen LogP contribution in [-0.2, 0) is 23.8 Å². The Kier molecular flexibility index (Phi) is 54.8. The number of esters is 2. The van der Waals surface area contributed by atoms with E-state index in [9.17, 15) is 9.59 Å². The Morgan fingerprint density at radius 1 is 0.328 bits per heavy atom. The van der Waals surface area contributed by atoms with Gasteiger partial charge in [-0.05, 0) is 44.9 Å². The molecule has 0 N–H and O–H groups in total. The van der Waals surface area contributed by atoms with Crippen molar-refractivity contribution in [3.8, 4) is 0 Å². The molecule has 0 aromatic rings. The Morgan fingerprint density at radius 3 is 0.953 bits per heavy atom. The minimum atomic E-state index is -0.527. The molecule has 5 heteroatoms. The molecule has 0 amide bonds. The molecule has 0 rings (SSSR count). The van der Waals surface area contributed by atoms with Gasteiger partial charge in [-0.3, -0.25) is 9.59 Å². The van der Waals surface area contributed by atoms with E-state index in [4.69, 9.17) is 14.2 Å². The minimum Gasteiger partial charge on any atom is -0.462 e. The Hall–Kier alpha value is -1.36. The fourth-order valence-electron chi connectivity index (χ4n) is 8.92. The van der Waals surface area contributed by atoms with Crippen molar-refractivity contribution in [1.29, 1.82) is 0 Å². The quantitative estimate of drug-likeness (QED) is 0.0346. The average molecular weight is 904 g/mol. The molecule has 0 saturated carbocycles. The second kappa shape index (κ2) is 56.0. The first-order valence-corrected chi connectivity index (χ1v) is 29.2. The number of rotatable bonds is 55. The van der Waals surface area contributed by atoms with E-state index in [1.165, 1.54) is 263 Å². The van der Waals surface area contributed by atoms with Crippen molar-refractivity contribution in [1.82, 2.24) is 0 Å². The first-order valence-electron chi connectivity index (χ1n) is 29.2. The number of allylic oxidation sites excluding steroid dienone is 2. The molecule has 64 heavy (non-hydrogen) atoms. The smallest absolute Gasteiger partial charge is 0.306 e. The first kappa shape index (κ1) is 62.6. The number of carbonyl (C=O) groups is 2. The summed E-state index contributed by atoms with van der Waals surface area (Å²) in [6, 6.07) is 0. The maximum atomic E-state index is 12.8. The van der Waals surface area contributed by atoms with Crippen LogP contribution in [0.15, 0.2) is 12.2 Å². The summed E-state index contributed by atoms with van der Waals surface area (Å²) in [5.74, 6) is -0.373. The van der Waals surface area contributed by atoms with E-state index in [0.29, 0.717) is 26.1 Å². The van der Waals surface area contributed by atoms with Crippen molar-refractivity contribution in [3.05, 3.63) is 12.2 Å². The lowest BCUT2D eigenvalue weighted by molar-refractivity contribution is -0.163. The van der Waals surface area contributed by atoms with Gasteiger partial charge in [0.05, 0.1) is 6.61 Å². The Bertz CT molecular complexity index is 932. The van der Waals surface area contributed by atoms with Crippen LogP contribution in [0.2, 0.25) is 0 Å². The molecule has 0 bridgehead atoms. The molecule has 1 unspecified atom stereocenters. The third-order valence-corrected chi connectivity index (χ3v) is 13.3. The highest BCUT2D eigenvalue weighted by atomic mass is 16.6. The van der Waals surface area contributed by atoms with Gasteiger partial charge >= 0.3 is 11.9 Å². The average Bonchev–Trinajstić information content (AvgIpc) is 3.30. The molecule has 0 spiro atoms. The van der Waals surface area contributed by atoms with Crippen molar-refractivity contribution in [2.75, 3.05) is 19.8 Å². The summed E-state index contributed by atoms with van der Waals surface area (Å²) in [5, 5.41) is 0. The van der Waals surface area contributed by atoms with Crippen molar-refractivity contribution < 1.29 is 23.8 Å². The van der Waals surface area contributed by atoms with Crippen LogP contribution in [0.25, 0.3) is 0 Å². The second-order valence-electron chi connectivity index (χ2n) is 19.9. The molecule has 0 fully saturated rings. The van der Waals surface area contributed by atoms with Crippen molar-refractivity contribution >= 4 is 11.9 Å². The normalized spacial score (nSPS) is 12.1. The van der Waals surface area contributed by atoms with E-state index in [1.807, 2.05) is 0 Å². The van der Waals surface area contributed by atoms with Crippen molar-refractivity contribution in [2.24, 2.45) is 0 Å². The lowest BCUT2D eigenvalue weighted by atomic mass is 10.0. The van der Waals surface area contributed by atoms with E-state index in [-0.39, 0.29) is 18.5 Å². The number of ether oxygens (including phenoxy) is 3. The van der Waals surface area contributed by atoms with Gasteiger partial charge < -0.3 is 14.2 Å². The zero-order valence-electron chi connectivity index (χ0n) is 43.8. The summed E-state index contributed by atoms with van der Waals surface area (Å²) < 4.78 is 17.5. The number of carbonyl (C=O) groups excluding carboxylic acids is 2. The topological polar surface area (TPSA) is 61.8 Å². The highest BCUT2D eigenvalue weighted by Gasteiger charge is 2.17. The molecule has 0 radical (unpaired) electrons. The van der Waals surface area contributed by atoms with Crippen LogP contribution in [0, 0.1) is 0 Å². The van der Waals surface area contributed by atoms with E-state index in [2.05, 4.69) is 32.9 Å². The minimum absolute atomic E-state index is 0.0943. The van der Waals surface area contributed by atoms with Crippen LogP contribution < -0.4 is 0 Å². The van der Waals surface area contributed by atoms with Gasteiger partial charge in [0.2, 0.25) is 0 Å². The molecule has 0 aromatic carbocycles. The van der Waals surface area contributed by atoms with Crippen LogP contribution in [0.5, 0.6) is 0 Å². The van der Waals surface area contributed by atoms with E-state index in [1.54, 1.807) is 0 Å². The number of hydrogen-bond acceptors (Lipinski definition) is 5. The maximum Gasteiger partial charge on any atom is 0.306 e. The fourth-order valence-corrected chi connectivity index (χ4v) is 8.92. The fraction of sp³-hybridized carbons (Fsp3) is 0.932. The summed E-state index contributed by atoms with van der Waals surface area (Å²) in [5.41, 5.74) is 0. The van der Waals surface area contributed by atoms with Gasteiger partial charge in [-0.1, -0.05) is 283 Å². The van der Waals surface area contributed by atoms with Gasteiger partial charge in [-0.2, -0.15) is 0 Å². The van der Waals surface area contributed by atoms with E-state index < -0.39 is 6.10 Å². The molecule has 0 heterocycles. The molecular formula is C59H114O5. The predicted molar refractivity (Wildman–Crippen MR) is 279 cm³/mol. The highest BCUT2D eigenvalue weighted by Crippen LogP contribution is 2.17. The third kappa shape index (κ3) is 53.3. The molecule has 0 aliphatic heterocycles. The lowest BCUT2D eigenvalue weighted by Crippen LogP contribution is -2.30. The van der Waals surface area contributed by atoms with Gasteiger partial charge in [0, 0.05) is 19.4 Å². The molecule has 0 aliphatic carbocycles. The molecule has 5 nitrogen and oxygen atoms in total. The monoisotopic (exact) mass is 903 g/mol. The van der Waals surface area contributed by atoms with Gasteiger partial charge in [0.15, 0.2) is 6.10 Å². The largest absolute Gasteiger partial charge is 0.462 e. The van der Waals surface area contributed by atoms with Crippen molar-refractivity contribution in [3.63, 3.8) is 0 Å². The standard InChI is InChI=1S/C59H114O5/c1-4-7-10-13-16-19-22-25-27-29-30-31-32-35-37-40-43-46-49-52-58(60)63-56-57(64-59(61)53-50-47-44-41-38-34-24-21-18-15-12-9-6-3)55-62-54-51-48-45-42-39-36-33-28-26-23-20-17-14-11-8-5-2/h25,27,57H,4-24,26,28-56H2,1-3H3/b27-25-. The van der Waals surface area contributed by atoms with Gasteiger partial charge in [0.25, 0.3) is 0 Å². The molecule has 0 saturated heterocycles. The molecule has 1 atom stereocenters. The van der Waals surface area contributed by atoms with Gasteiger partial charge in [0.1, 0.15) is 6.61 Å². The van der Waals surface area contributed by atoms with Crippen LogP contribution in [-0.4, -0.2) is 37.9 Å². The zero-order valence-corrected chi connectivity index (χ0v) is 43.8. The molecular weight excluding hydrogens is 789 g/mol. The summed E-state index contributed by atoms with van der Waals surface area (Å²) in [6.45, 7) is 7.91. The molecule has 380 valence electrons. The highest BCUT2D eigenvalue weighted by molar-refractivity contribution is 5.70. The third-order valence-electron chi connectivity index (χ3n) is 13.3. The maximum absolute atomic E-state index is 12.8. The second-order valence-corrected chi connectivity index (χ2v) is 19.9. The van der Waals surface area contributed by atoms with Crippen molar-refractivity contribution in [2.45, 2.75) is 335 Å². The van der Waals surface area contributed by atoms with Crippen LogP contribution in [0.1, 0.15) is 329 Å². The number of unbranched alkanes of at least 4 members (excludes halogenated alkanes) is 42. The Labute approximate surface area is 401 Å². The van der Waals surface area contributed by atoms with Crippen LogP contribution in [0.3, 0.4) is 0 Å². The molecule has 0 aromatic heterocycles. The van der Waals surface area contributed by atoms with Crippen LogP contribution >= 0.6 is 0 Å². The summed E-state index contributed by atoms with van der Waals surface area (Å²) in [4.78, 5) is 25.5. The summed E-state index contributed by atoms with van der Waals surface area (Å²) in [7, 11) is 0. The Balaban J connectivity index is 4.17. The van der Waals surface area contributed by atoms with E-state index in [0.717, 1.165) is 32.1 Å². The molecule has 0 aliphatic rings. The van der Waals surface area contributed by atoms with Crippen LogP contribution in [0.4, 0.5) is 0 Å². The predicted octanol–water partition coefficient (Wildman–Crippen LogP) is 19.8. The number of hydrogen-bond donors (Lipinski definition) is 0. The SMILES string of the molecule is CCCCCCCC/C=C\CCCCCCCCCCCC(=O)OCC(COCCCCCCCCCCCCCCCCCC)OC(=O)CCCCCCCCCCCCCCC. The summed E-state index contributed by atoms with van der Waals surface area (Å²) >= 11 is 0. The van der Waals surface area contributed by atoms with Gasteiger partial charge in [-0.15, -0.1) is 0 Å². The zero-order chi connectivity index (χ0) is 46.3. The Morgan fingerprint density at radius 2 is 0.609 bits per heavy atom. The van der Waals surface area contributed by atoms with Gasteiger partial charge in [-0.25, -0.2) is 0 Å². The summed E-state index contributed by atoms with van der Waals surface area (Å²) in [6.07, 6.45) is 65.2. The lowest BCUT2D eigenvalue weighted by Gasteiger charge is -2.18. The first-order chi connectivity index (χ1) is 31.6. The van der Waals surface area contributed by atoms with E-state index >= 15 is 0 Å².